The third-order valence-electron chi connectivity index (χ3n) is 0. The molecule has 0 aliphatic carbocycles. The van der Waals surface area contributed by atoms with E-state index in [0.717, 1.165) is 0 Å². The predicted molar refractivity (Wildman–Crippen MR) is 19.7 cm³/mol. The molecule has 0 aliphatic rings. The summed E-state index contributed by atoms with van der Waals surface area (Å²) >= 11 is 0. The van der Waals surface area contributed by atoms with Crippen molar-refractivity contribution in [3.63, 3.8) is 0 Å². The Labute approximate surface area is 26.8 Å². The first-order valence-corrected chi connectivity index (χ1v) is 0.512. The third kappa shape index (κ3) is 0.410. The molecule has 2 N–H and O–H groups in total. The Morgan fingerprint density at radius 2 is 1.75 bits per heavy atom. The molecule has 0 fully saturated rings. The lowest BCUT2D eigenvalue weighted by Gasteiger charge is -1.24. The summed E-state index contributed by atoms with van der Waals surface area (Å²) in [6, 6.07) is 0. The van der Waals surface area contributed by atoms with Gasteiger partial charge in [0.15, 0.2) is 6.19 Å². The summed E-state index contributed by atoms with van der Waals surface area (Å²) < 4.78 is 0. The summed E-state index contributed by atoms with van der Waals surface area (Å²) in [7, 11) is 0. The lowest BCUT2D eigenvalue weighted by Crippen LogP contribution is -1.69. The zero-order valence-electron chi connectivity index (χ0n) is 1.52. The normalized spacial score (nSPS) is 1.75. The van der Waals surface area contributed by atoms with Crippen LogP contribution < -0.4 is 5.73 Å². The van der Waals surface area contributed by atoms with E-state index in [1.165, 1.54) is 6.19 Å². The molecule has 22 valence electrons. The first kappa shape index (κ1) is 10.1. The highest BCUT2D eigenvalue weighted by Gasteiger charge is 1.12. The summed E-state index contributed by atoms with van der Waals surface area (Å²) in [5.41, 5.74) is 4.15. The molecule has 0 unspecified atom stereocenters. The Bertz CT molecular complexity index is 27.5. The summed E-state index contributed by atoms with van der Waals surface area (Å²) in [6.07, 6.45) is 1.25. The number of hydrogen-bond acceptors (Lipinski definition) is 2. The van der Waals surface area contributed by atoms with Crippen molar-refractivity contribution >= 4 is 8.41 Å². The van der Waals surface area contributed by atoms with Gasteiger partial charge in [0, 0.05) is 0 Å². The standard InChI is InChI=1S/CH2N2.BH3/c2-1-3;/h2H2;1H3. The summed E-state index contributed by atoms with van der Waals surface area (Å²) in [5, 5.41) is 7.10. The predicted octanol–water partition coefficient (Wildman–Crippen LogP) is -1.76. The average Bonchev–Trinajstić information content (AvgIpc) is 0.918. The van der Waals surface area contributed by atoms with Crippen LogP contribution in [0.2, 0.25) is 0 Å². The molecule has 0 heterocycles. The Morgan fingerprint density at radius 3 is 1.75 bits per heavy atom. The SMILES string of the molecule is B.N#CN. The molecule has 3 heteroatoms. The van der Waals surface area contributed by atoms with Gasteiger partial charge in [-0.15, -0.1) is 0 Å². The monoisotopic (exact) mass is 56.1 g/mol. The lowest BCUT2D eigenvalue weighted by atomic mass is 10.8. The van der Waals surface area contributed by atoms with Crippen LogP contribution in [0.1, 0.15) is 0 Å². The second-order valence-electron chi connectivity index (χ2n) is 0.129. The van der Waals surface area contributed by atoms with Crippen molar-refractivity contribution in [2.24, 2.45) is 5.73 Å². The molecule has 0 radical (unpaired) electrons. The minimum Gasteiger partial charge on any atom is -0.337 e. The zero-order chi connectivity index (χ0) is 2.71. The van der Waals surface area contributed by atoms with E-state index in [-0.39, 0.29) is 8.41 Å². The minimum absolute atomic E-state index is 0. The lowest BCUT2D eigenvalue weighted by molar-refractivity contribution is 1.45. The van der Waals surface area contributed by atoms with Crippen LogP contribution in [0.4, 0.5) is 0 Å². The second kappa shape index (κ2) is 34.3. The molecular weight excluding hydrogens is 50.8 g/mol. The van der Waals surface area contributed by atoms with Crippen LogP contribution in [0, 0.1) is 11.5 Å². The zero-order valence-corrected chi connectivity index (χ0v) is 1.52. The van der Waals surface area contributed by atoms with Gasteiger partial charge < -0.3 is 5.73 Å². The Kier molecular flexibility index (Phi) is 86.9. The van der Waals surface area contributed by atoms with Gasteiger partial charge in [-0.05, 0) is 0 Å². The van der Waals surface area contributed by atoms with Crippen LogP contribution in [0.25, 0.3) is 0 Å². The first-order valence-electron chi connectivity index (χ1n) is 0.512. The Morgan fingerprint density at radius 1 is 1.75 bits per heavy atom. The second-order valence-corrected chi connectivity index (χ2v) is 0.129. The number of nitrogens with zero attached hydrogens (tertiary/aromatic N) is 1. The van der Waals surface area contributed by atoms with E-state index >= 15 is 0 Å². The molecule has 2 nitrogen and oxygen atoms in total. The molecule has 0 saturated heterocycles. The molecule has 0 aromatic carbocycles. The highest BCUT2D eigenvalue weighted by Crippen LogP contribution is 0.900. The third-order valence-corrected chi connectivity index (χ3v) is 0. The van der Waals surface area contributed by atoms with Crippen molar-refractivity contribution in [2.75, 3.05) is 0 Å². The first-order chi connectivity index (χ1) is 1.41. The maximum atomic E-state index is 7.10. The van der Waals surface area contributed by atoms with Crippen molar-refractivity contribution < 1.29 is 0 Å². The Hall–Kier alpha value is -0.645. The molecule has 0 aromatic rings. The van der Waals surface area contributed by atoms with Crippen LogP contribution in [0.15, 0.2) is 0 Å². The van der Waals surface area contributed by atoms with Crippen LogP contribution >= 0.6 is 0 Å². The van der Waals surface area contributed by atoms with Crippen molar-refractivity contribution in [3.05, 3.63) is 0 Å². The summed E-state index contributed by atoms with van der Waals surface area (Å²) in [6.45, 7) is 0. The van der Waals surface area contributed by atoms with Crippen LogP contribution in [0.3, 0.4) is 0 Å². The maximum absolute atomic E-state index is 7.10. The van der Waals surface area contributed by atoms with Gasteiger partial charge in [-0.1, -0.05) is 0 Å². The molecule has 0 atom stereocenters. The van der Waals surface area contributed by atoms with Gasteiger partial charge in [0.05, 0.1) is 8.41 Å². The Balaban J connectivity index is 0. The van der Waals surface area contributed by atoms with Crippen molar-refractivity contribution in [1.82, 2.24) is 0 Å². The van der Waals surface area contributed by atoms with E-state index < -0.39 is 0 Å². The van der Waals surface area contributed by atoms with Gasteiger partial charge in [0.25, 0.3) is 0 Å². The van der Waals surface area contributed by atoms with Gasteiger partial charge in [-0.2, -0.15) is 5.26 Å². The summed E-state index contributed by atoms with van der Waals surface area (Å²) in [4.78, 5) is 0. The molecule has 0 aliphatic heterocycles. The average molecular weight is 55.9 g/mol. The van der Waals surface area contributed by atoms with Gasteiger partial charge in [0.1, 0.15) is 0 Å². The van der Waals surface area contributed by atoms with Crippen LogP contribution in [0.5, 0.6) is 0 Å². The highest BCUT2D eigenvalue weighted by molar-refractivity contribution is 5.75. The molecule has 0 rings (SSSR count). The van der Waals surface area contributed by atoms with Crippen LogP contribution in [-0.4, -0.2) is 8.41 Å². The van der Waals surface area contributed by atoms with Gasteiger partial charge in [-0.3, -0.25) is 0 Å². The number of nitrogens with two attached hydrogens (primary N) is 1. The molecule has 0 amide bonds. The van der Waals surface area contributed by atoms with Crippen LogP contribution in [-0.2, 0) is 0 Å². The van der Waals surface area contributed by atoms with Gasteiger partial charge in [0.2, 0.25) is 0 Å². The van der Waals surface area contributed by atoms with E-state index in [2.05, 4.69) is 5.73 Å². The fourth-order valence-electron chi connectivity index (χ4n) is 0. The topological polar surface area (TPSA) is 49.8 Å². The fraction of sp³-hybridized carbons (Fsp3) is 0. The van der Waals surface area contributed by atoms with E-state index in [1.54, 1.807) is 0 Å². The molecule has 0 saturated carbocycles. The smallest absolute Gasteiger partial charge is 0.173 e. The quantitative estimate of drug-likeness (QED) is 0.203. The molecule has 0 aromatic heterocycles. The van der Waals surface area contributed by atoms with Gasteiger partial charge in [-0.25, -0.2) is 0 Å². The highest BCUT2D eigenvalue weighted by atomic mass is 14.5. The number of hydrogen-bond donors (Lipinski definition) is 1. The van der Waals surface area contributed by atoms with E-state index in [4.69, 9.17) is 5.26 Å². The molecule has 4 heavy (non-hydrogen) atoms. The molecule has 0 bridgehead atoms. The van der Waals surface area contributed by atoms with Crippen molar-refractivity contribution in [2.45, 2.75) is 0 Å². The van der Waals surface area contributed by atoms with E-state index in [1.807, 2.05) is 0 Å². The van der Waals surface area contributed by atoms with Crippen molar-refractivity contribution in [1.29, 1.82) is 5.26 Å². The van der Waals surface area contributed by atoms with E-state index in [9.17, 15) is 0 Å². The van der Waals surface area contributed by atoms with Gasteiger partial charge >= 0.3 is 0 Å². The molecule has 0 spiro atoms. The number of nitriles is 1. The largest absolute Gasteiger partial charge is 0.337 e. The van der Waals surface area contributed by atoms with Crippen molar-refractivity contribution in [3.8, 4) is 6.19 Å². The van der Waals surface area contributed by atoms with E-state index in [0.29, 0.717) is 0 Å². The molecular formula is CH5BN2. The summed E-state index contributed by atoms with van der Waals surface area (Å²) in [5.74, 6) is 0. The maximum Gasteiger partial charge on any atom is 0.173 e. The number of rotatable bonds is 0. The fourth-order valence-corrected chi connectivity index (χ4v) is 0. The minimum atomic E-state index is 0.